The second-order valence-corrected chi connectivity index (χ2v) is 7.41. The van der Waals surface area contributed by atoms with Gasteiger partial charge in [0.25, 0.3) is 0 Å². The van der Waals surface area contributed by atoms with Crippen LogP contribution < -0.4 is 59.1 Å². The van der Waals surface area contributed by atoms with Gasteiger partial charge in [0.15, 0.2) is 0 Å². The predicted molar refractivity (Wildman–Crippen MR) is 77.4 cm³/mol. The SMILES string of the molecule is O=S(=O)([O-])c1cccc2cc3cccc(S(=O)(=O)[O-])c3cc12.[Na+].[Na+]. The fraction of sp³-hybridized carbons (Fsp3) is 0. The van der Waals surface area contributed by atoms with Gasteiger partial charge >= 0.3 is 59.1 Å². The fourth-order valence-corrected chi connectivity index (χ4v) is 3.81. The van der Waals surface area contributed by atoms with Crippen molar-refractivity contribution in [1.29, 1.82) is 0 Å². The largest absolute Gasteiger partial charge is 1.00 e. The summed E-state index contributed by atoms with van der Waals surface area (Å²) < 4.78 is 68.0. The standard InChI is InChI=1S/C14H10O6S2.2Na/c15-21(16,17)13-5-1-3-9-7-10-4-2-6-14(22(18,19)20)12(10)8-11(9)13;;/h1-8H,(H,15,16,17)(H,18,19,20);;/q;2*+1/p-2. The van der Waals surface area contributed by atoms with E-state index in [4.69, 9.17) is 0 Å². The van der Waals surface area contributed by atoms with E-state index in [1.807, 2.05) is 0 Å². The second kappa shape index (κ2) is 7.71. The first-order valence-electron chi connectivity index (χ1n) is 6.05. The molecule has 0 heterocycles. The summed E-state index contributed by atoms with van der Waals surface area (Å²) in [6.07, 6.45) is 0. The summed E-state index contributed by atoms with van der Waals surface area (Å²) in [5.74, 6) is 0. The summed E-state index contributed by atoms with van der Waals surface area (Å²) in [5.41, 5.74) is 0. The first-order valence-corrected chi connectivity index (χ1v) is 8.87. The van der Waals surface area contributed by atoms with Crippen molar-refractivity contribution in [2.75, 3.05) is 0 Å². The third-order valence-corrected chi connectivity index (χ3v) is 5.13. The van der Waals surface area contributed by atoms with Gasteiger partial charge in [0.05, 0.1) is 9.79 Å². The van der Waals surface area contributed by atoms with Crippen molar-refractivity contribution in [3.63, 3.8) is 0 Å². The molecule has 0 radical (unpaired) electrons. The summed E-state index contributed by atoms with van der Waals surface area (Å²) in [7, 11) is -9.45. The molecule has 0 aliphatic carbocycles. The molecule has 0 aromatic heterocycles. The Hall–Kier alpha value is 0.000000000000000888. The van der Waals surface area contributed by atoms with E-state index in [9.17, 15) is 25.9 Å². The van der Waals surface area contributed by atoms with Crippen LogP contribution in [-0.2, 0) is 20.2 Å². The predicted octanol–water partition coefficient (Wildman–Crippen LogP) is -4.19. The zero-order valence-corrected chi connectivity index (χ0v) is 18.5. The molecule has 0 fully saturated rings. The molecule has 114 valence electrons. The second-order valence-electron chi connectivity index (χ2n) is 4.72. The molecule has 6 nitrogen and oxygen atoms in total. The Labute approximate surface area is 183 Å². The van der Waals surface area contributed by atoms with E-state index in [1.165, 1.54) is 24.3 Å². The van der Waals surface area contributed by atoms with Crippen molar-refractivity contribution in [3.8, 4) is 0 Å². The molecule has 24 heavy (non-hydrogen) atoms. The van der Waals surface area contributed by atoms with E-state index in [2.05, 4.69) is 0 Å². The van der Waals surface area contributed by atoms with E-state index in [-0.39, 0.29) is 69.9 Å². The Morgan fingerprint density at radius 1 is 0.625 bits per heavy atom. The van der Waals surface area contributed by atoms with Crippen molar-refractivity contribution < 1.29 is 85.1 Å². The molecule has 3 rings (SSSR count). The Morgan fingerprint density at radius 2 is 1.00 bits per heavy atom. The summed E-state index contributed by atoms with van der Waals surface area (Å²) in [4.78, 5) is -0.907. The molecule has 0 unspecified atom stereocenters. The minimum Gasteiger partial charge on any atom is -0.744 e. The minimum atomic E-state index is -4.72. The summed E-state index contributed by atoms with van der Waals surface area (Å²) in [6.45, 7) is 0. The van der Waals surface area contributed by atoms with Crippen LogP contribution in [-0.4, -0.2) is 25.9 Å². The van der Waals surface area contributed by atoms with E-state index >= 15 is 0 Å². The van der Waals surface area contributed by atoms with Crippen LogP contribution in [0, 0.1) is 0 Å². The minimum absolute atomic E-state index is 0. The maximum absolute atomic E-state index is 11.3. The Kier molecular flexibility index (Phi) is 7.08. The van der Waals surface area contributed by atoms with Crippen LogP contribution in [0.25, 0.3) is 21.5 Å². The van der Waals surface area contributed by atoms with Crippen molar-refractivity contribution in [1.82, 2.24) is 0 Å². The molecule has 0 aliphatic heterocycles. The van der Waals surface area contributed by atoms with E-state index in [0.29, 0.717) is 10.8 Å². The van der Waals surface area contributed by atoms with Crippen LogP contribution in [0.2, 0.25) is 0 Å². The number of hydrogen-bond donors (Lipinski definition) is 0. The Balaban J connectivity index is 0.00000144. The van der Waals surface area contributed by atoms with Gasteiger partial charge in [-0.3, -0.25) is 0 Å². The molecule has 0 saturated heterocycles. The van der Waals surface area contributed by atoms with Gasteiger partial charge < -0.3 is 9.11 Å². The normalized spacial score (nSPS) is 11.8. The summed E-state index contributed by atoms with van der Waals surface area (Å²) in [5, 5.41) is 1.09. The summed E-state index contributed by atoms with van der Waals surface area (Å²) in [6, 6.07) is 11.1. The summed E-state index contributed by atoms with van der Waals surface area (Å²) >= 11 is 0. The van der Waals surface area contributed by atoms with Gasteiger partial charge in [0.1, 0.15) is 20.2 Å². The topological polar surface area (TPSA) is 114 Å². The fourth-order valence-electron chi connectivity index (χ4n) is 2.43. The molecule has 3 aromatic rings. The van der Waals surface area contributed by atoms with Crippen LogP contribution in [0.1, 0.15) is 0 Å². The van der Waals surface area contributed by atoms with Crippen LogP contribution in [0.3, 0.4) is 0 Å². The molecule has 3 aromatic carbocycles. The van der Waals surface area contributed by atoms with Gasteiger partial charge in [0, 0.05) is 0 Å². The molecular formula is C14H8Na2O6S2. The number of fused-ring (bicyclic) bond motifs is 2. The quantitative estimate of drug-likeness (QED) is 0.252. The van der Waals surface area contributed by atoms with Crippen LogP contribution >= 0.6 is 0 Å². The van der Waals surface area contributed by atoms with Crippen molar-refractivity contribution in [3.05, 3.63) is 48.5 Å². The zero-order chi connectivity index (χ0) is 16.1. The molecule has 0 atom stereocenters. The first kappa shape index (κ1) is 22.0. The van der Waals surface area contributed by atoms with Crippen LogP contribution in [0.5, 0.6) is 0 Å². The van der Waals surface area contributed by atoms with E-state index in [0.717, 1.165) is 12.1 Å². The monoisotopic (exact) mass is 382 g/mol. The van der Waals surface area contributed by atoms with E-state index < -0.39 is 30.0 Å². The third kappa shape index (κ3) is 4.21. The molecule has 0 N–H and O–H groups in total. The average molecular weight is 382 g/mol. The van der Waals surface area contributed by atoms with Crippen LogP contribution in [0.15, 0.2) is 58.3 Å². The number of benzene rings is 3. The van der Waals surface area contributed by atoms with Gasteiger partial charge in [-0.05, 0) is 45.8 Å². The molecule has 0 saturated carbocycles. The maximum atomic E-state index is 11.3. The average Bonchev–Trinajstić information content (AvgIpc) is 2.41. The molecule has 10 heteroatoms. The van der Waals surface area contributed by atoms with Gasteiger partial charge in [-0.15, -0.1) is 0 Å². The maximum Gasteiger partial charge on any atom is 1.00 e. The molecule has 0 aliphatic rings. The van der Waals surface area contributed by atoms with Gasteiger partial charge in [0.2, 0.25) is 0 Å². The Bertz CT molecular complexity index is 1040. The van der Waals surface area contributed by atoms with Crippen molar-refractivity contribution in [2.24, 2.45) is 0 Å². The van der Waals surface area contributed by atoms with Gasteiger partial charge in [-0.25, -0.2) is 16.8 Å². The van der Waals surface area contributed by atoms with Crippen molar-refractivity contribution >= 4 is 41.8 Å². The number of rotatable bonds is 2. The first-order chi connectivity index (χ1) is 10.2. The van der Waals surface area contributed by atoms with Crippen molar-refractivity contribution in [2.45, 2.75) is 9.79 Å². The zero-order valence-electron chi connectivity index (χ0n) is 12.9. The third-order valence-electron chi connectivity index (χ3n) is 3.34. The van der Waals surface area contributed by atoms with E-state index in [1.54, 1.807) is 12.1 Å². The van der Waals surface area contributed by atoms with Gasteiger partial charge in [-0.1, -0.05) is 24.3 Å². The smallest absolute Gasteiger partial charge is 0.744 e. The van der Waals surface area contributed by atoms with Gasteiger partial charge in [-0.2, -0.15) is 0 Å². The molecule has 0 bridgehead atoms. The number of hydrogen-bond acceptors (Lipinski definition) is 6. The molecule has 0 amide bonds. The molecular weight excluding hydrogens is 374 g/mol. The van der Waals surface area contributed by atoms with Crippen LogP contribution in [0.4, 0.5) is 0 Å². The Morgan fingerprint density at radius 3 is 1.33 bits per heavy atom. The molecule has 0 spiro atoms.